The molecule has 7 nitrogen and oxygen atoms in total. The highest BCUT2D eigenvalue weighted by Gasteiger charge is 2.30. The van der Waals surface area contributed by atoms with Gasteiger partial charge in [0, 0.05) is 18.0 Å². The van der Waals surface area contributed by atoms with E-state index in [0.29, 0.717) is 24.5 Å². The number of nitrogens with one attached hydrogen (secondary N) is 2. The molecule has 0 saturated carbocycles. The summed E-state index contributed by atoms with van der Waals surface area (Å²) in [5.41, 5.74) is 7.06. The molecule has 1 aromatic carbocycles. The minimum Gasteiger partial charge on any atom is -0.364 e. The minimum absolute atomic E-state index is 0. The summed E-state index contributed by atoms with van der Waals surface area (Å²) in [4.78, 5) is 17.0. The van der Waals surface area contributed by atoms with E-state index in [1.165, 1.54) is 0 Å². The number of hydrogen-bond donors (Lipinski definition) is 3. The van der Waals surface area contributed by atoms with E-state index in [9.17, 15) is 4.79 Å². The number of halogens is 1. The molecule has 1 amide bonds. The number of nitrogens with two attached hydrogens (primary N) is 1. The number of H-pyrrole nitrogens is 1. The second-order valence-corrected chi connectivity index (χ2v) is 6.29. The topological polar surface area (TPSA) is 106 Å². The lowest BCUT2D eigenvalue weighted by Crippen LogP contribution is -2.30. The van der Waals surface area contributed by atoms with Crippen LogP contribution in [0.1, 0.15) is 38.4 Å². The molecular weight excluding hydrogens is 342 g/mol. The van der Waals surface area contributed by atoms with Crippen LogP contribution >= 0.6 is 12.4 Å². The van der Waals surface area contributed by atoms with Crippen LogP contribution in [0.4, 0.5) is 5.69 Å². The smallest absolute Gasteiger partial charge is 0.253 e. The van der Waals surface area contributed by atoms with Crippen LogP contribution in [0.3, 0.4) is 0 Å². The molecule has 0 spiro atoms. The zero-order chi connectivity index (χ0) is 17.1. The number of benzene rings is 1. The summed E-state index contributed by atoms with van der Waals surface area (Å²) >= 11 is 0. The molecule has 136 valence electrons. The van der Waals surface area contributed by atoms with Crippen molar-refractivity contribution in [3.8, 4) is 11.4 Å². The molecule has 1 saturated heterocycles. The normalized spacial score (nSPS) is 19.7. The highest BCUT2D eigenvalue weighted by atomic mass is 35.5. The lowest BCUT2D eigenvalue weighted by atomic mass is 10.1. The molecule has 0 aliphatic carbocycles. The summed E-state index contributed by atoms with van der Waals surface area (Å²) in [7, 11) is 0. The Morgan fingerprint density at radius 1 is 1.40 bits per heavy atom. The third-order valence-electron chi connectivity index (χ3n) is 4.14. The summed E-state index contributed by atoms with van der Waals surface area (Å²) < 4.78 is 5.65. The van der Waals surface area contributed by atoms with Crippen LogP contribution in [0.15, 0.2) is 24.3 Å². The van der Waals surface area contributed by atoms with Gasteiger partial charge in [-0.3, -0.25) is 9.89 Å². The molecule has 8 heteroatoms. The van der Waals surface area contributed by atoms with Crippen LogP contribution in [0.2, 0.25) is 0 Å². The zero-order valence-corrected chi connectivity index (χ0v) is 15.2. The Hall–Kier alpha value is -1.96. The molecule has 1 aromatic heterocycles. The van der Waals surface area contributed by atoms with Gasteiger partial charge in [0.25, 0.3) is 5.91 Å². The molecule has 4 N–H and O–H groups in total. The van der Waals surface area contributed by atoms with Gasteiger partial charge in [-0.05, 0) is 25.0 Å². The van der Waals surface area contributed by atoms with Gasteiger partial charge in [0.1, 0.15) is 11.9 Å². The fourth-order valence-corrected chi connectivity index (χ4v) is 2.73. The van der Waals surface area contributed by atoms with Gasteiger partial charge in [-0.25, -0.2) is 4.98 Å². The van der Waals surface area contributed by atoms with Gasteiger partial charge in [0.2, 0.25) is 0 Å². The summed E-state index contributed by atoms with van der Waals surface area (Å²) in [5, 5.41) is 10.1. The Bertz CT molecular complexity index is 719. The van der Waals surface area contributed by atoms with Crippen LogP contribution in [0.5, 0.6) is 0 Å². The Morgan fingerprint density at radius 2 is 2.16 bits per heavy atom. The molecule has 2 heterocycles. The quantitative estimate of drug-likeness (QED) is 0.754. The number of carbonyl (C=O) groups is 1. The molecule has 25 heavy (non-hydrogen) atoms. The van der Waals surface area contributed by atoms with Crippen molar-refractivity contribution < 1.29 is 9.53 Å². The van der Waals surface area contributed by atoms with Gasteiger partial charge in [0.05, 0.1) is 11.8 Å². The number of hydrogen-bond acceptors (Lipinski definition) is 5. The highest BCUT2D eigenvalue weighted by Crippen LogP contribution is 2.27. The minimum atomic E-state index is -0.454. The highest BCUT2D eigenvalue weighted by molar-refractivity contribution is 5.97. The van der Waals surface area contributed by atoms with E-state index in [1.807, 2.05) is 38.1 Å². The lowest BCUT2D eigenvalue weighted by molar-refractivity contribution is -0.126. The maximum Gasteiger partial charge on any atom is 0.253 e. The first-order valence-corrected chi connectivity index (χ1v) is 8.26. The second-order valence-electron chi connectivity index (χ2n) is 6.29. The van der Waals surface area contributed by atoms with E-state index in [4.69, 9.17) is 10.5 Å². The number of anilines is 1. The van der Waals surface area contributed by atoms with Crippen LogP contribution in [0, 0.1) is 0 Å². The van der Waals surface area contributed by atoms with Gasteiger partial charge < -0.3 is 15.8 Å². The van der Waals surface area contributed by atoms with Gasteiger partial charge >= 0.3 is 0 Å². The first-order valence-electron chi connectivity index (χ1n) is 8.26. The summed E-state index contributed by atoms with van der Waals surface area (Å²) in [5.74, 6) is 1.49. The SMILES string of the molecule is CC(C)c1nc(-c2ccccc2NC(=O)[C@@H]2CC[C@H](CN)O2)n[nH]1.Cl. The third-order valence-corrected chi connectivity index (χ3v) is 4.14. The van der Waals surface area contributed by atoms with E-state index >= 15 is 0 Å². The van der Waals surface area contributed by atoms with E-state index < -0.39 is 6.10 Å². The summed E-state index contributed by atoms with van der Waals surface area (Å²) in [6, 6.07) is 7.50. The maximum absolute atomic E-state index is 12.4. The van der Waals surface area contributed by atoms with Crippen LogP contribution < -0.4 is 11.1 Å². The summed E-state index contributed by atoms with van der Waals surface area (Å²) in [6.07, 6.45) is 1.02. The number of ether oxygens (including phenoxy) is 1. The Morgan fingerprint density at radius 3 is 2.80 bits per heavy atom. The van der Waals surface area contributed by atoms with Crippen LogP contribution in [0.25, 0.3) is 11.4 Å². The fraction of sp³-hybridized carbons (Fsp3) is 0.471. The van der Waals surface area contributed by atoms with E-state index in [2.05, 4.69) is 20.5 Å². The van der Waals surface area contributed by atoms with Crippen LogP contribution in [-0.2, 0) is 9.53 Å². The fourth-order valence-electron chi connectivity index (χ4n) is 2.73. The molecule has 1 fully saturated rings. The molecule has 2 aromatic rings. The number of aromatic nitrogens is 3. The van der Waals surface area contributed by atoms with Crippen LogP contribution in [-0.4, -0.2) is 39.8 Å². The van der Waals surface area contributed by atoms with Crippen molar-refractivity contribution in [1.29, 1.82) is 0 Å². The number of carbonyl (C=O) groups excluding carboxylic acids is 1. The largest absolute Gasteiger partial charge is 0.364 e. The van der Waals surface area contributed by atoms with Crippen molar-refractivity contribution in [2.24, 2.45) is 5.73 Å². The van der Waals surface area contributed by atoms with E-state index in [-0.39, 0.29) is 30.3 Å². The van der Waals surface area contributed by atoms with E-state index in [0.717, 1.165) is 17.8 Å². The average Bonchev–Trinajstić information content (AvgIpc) is 3.25. The second kappa shape index (κ2) is 8.42. The molecule has 0 unspecified atom stereocenters. The van der Waals surface area contributed by atoms with Crippen molar-refractivity contribution in [2.45, 2.75) is 44.8 Å². The molecular formula is C17H24ClN5O2. The summed E-state index contributed by atoms with van der Waals surface area (Å²) in [6.45, 7) is 4.53. The van der Waals surface area contributed by atoms with Gasteiger partial charge in [-0.2, -0.15) is 5.10 Å². The van der Waals surface area contributed by atoms with E-state index in [1.54, 1.807) is 0 Å². The average molecular weight is 366 g/mol. The predicted octanol–water partition coefficient (Wildman–Crippen LogP) is 2.46. The van der Waals surface area contributed by atoms with Gasteiger partial charge in [-0.1, -0.05) is 26.0 Å². The monoisotopic (exact) mass is 365 g/mol. The molecule has 0 radical (unpaired) electrons. The predicted molar refractivity (Wildman–Crippen MR) is 98.7 cm³/mol. The Kier molecular flexibility index (Phi) is 6.52. The number of amides is 1. The Balaban J connectivity index is 0.00000225. The number of nitrogens with zero attached hydrogens (tertiary/aromatic N) is 2. The molecule has 0 bridgehead atoms. The number of para-hydroxylation sites is 1. The molecule has 1 aliphatic heterocycles. The first-order chi connectivity index (χ1) is 11.6. The van der Waals surface area contributed by atoms with Crippen molar-refractivity contribution in [2.75, 3.05) is 11.9 Å². The molecule has 2 atom stereocenters. The van der Waals surface area contributed by atoms with Crippen molar-refractivity contribution in [1.82, 2.24) is 15.2 Å². The van der Waals surface area contributed by atoms with Crippen molar-refractivity contribution in [3.63, 3.8) is 0 Å². The van der Waals surface area contributed by atoms with Crippen molar-refractivity contribution >= 4 is 24.0 Å². The van der Waals surface area contributed by atoms with Gasteiger partial charge in [-0.15, -0.1) is 12.4 Å². The maximum atomic E-state index is 12.4. The number of rotatable bonds is 5. The Labute approximate surface area is 153 Å². The first kappa shape index (κ1) is 19.4. The van der Waals surface area contributed by atoms with Gasteiger partial charge in [0.15, 0.2) is 5.82 Å². The third kappa shape index (κ3) is 4.36. The lowest BCUT2D eigenvalue weighted by Gasteiger charge is -2.14. The standard InChI is InChI=1S/C17H23N5O2.ClH/c1-10(2)15-20-16(22-21-15)12-5-3-4-6-13(12)19-17(23)14-8-7-11(9-18)24-14;/h3-6,10-11,14H,7-9,18H2,1-2H3,(H,19,23)(H,20,21,22);1H/t11-,14+;/m1./s1. The number of aromatic amines is 1. The zero-order valence-electron chi connectivity index (χ0n) is 14.4. The van der Waals surface area contributed by atoms with Crippen molar-refractivity contribution in [3.05, 3.63) is 30.1 Å². The molecule has 1 aliphatic rings. The molecule has 3 rings (SSSR count).